The molecule has 0 aliphatic rings. The molecule has 27 heavy (non-hydrogen) atoms. The summed E-state index contributed by atoms with van der Waals surface area (Å²) < 4.78 is 0.963. The molecule has 0 saturated carbocycles. The summed E-state index contributed by atoms with van der Waals surface area (Å²) in [6.45, 7) is 1.89. The molecular weight excluding hydrogens is 402 g/mol. The van der Waals surface area contributed by atoms with E-state index in [0.717, 1.165) is 32.3 Å². The standard InChI is InChI=1S/C22H16BrN3O/c1-14-6-4-11-21(24-14)26-22(27)18-13-20(15-7-5-8-16(23)12-15)25-19-10-3-2-9-17(18)19/h2-13H,1H3,(H,24,26,27). The Balaban J connectivity index is 1.82. The molecule has 0 atom stereocenters. The molecule has 0 aliphatic heterocycles. The third kappa shape index (κ3) is 3.73. The van der Waals surface area contributed by atoms with Gasteiger partial charge in [-0.2, -0.15) is 0 Å². The molecule has 0 radical (unpaired) electrons. The number of hydrogen-bond donors (Lipinski definition) is 1. The van der Waals surface area contributed by atoms with E-state index in [2.05, 4.69) is 26.2 Å². The normalized spacial score (nSPS) is 10.7. The molecule has 132 valence electrons. The van der Waals surface area contributed by atoms with E-state index in [-0.39, 0.29) is 5.91 Å². The molecule has 0 bridgehead atoms. The number of benzene rings is 2. The highest BCUT2D eigenvalue weighted by Crippen LogP contribution is 2.27. The van der Waals surface area contributed by atoms with Crippen molar-refractivity contribution >= 4 is 38.6 Å². The Morgan fingerprint density at radius 1 is 0.926 bits per heavy atom. The van der Waals surface area contributed by atoms with Crippen LogP contribution >= 0.6 is 15.9 Å². The van der Waals surface area contributed by atoms with E-state index in [4.69, 9.17) is 4.98 Å². The first-order valence-electron chi connectivity index (χ1n) is 8.51. The number of nitrogens with one attached hydrogen (secondary N) is 1. The highest BCUT2D eigenvalue weighted by Gasteiger charge is 2.14. The van der Waals surface area contributed by atoms with Crippen molar-refractivity contribution in [1.29, 1.82) is 0 Å². The molecule has 0 spiro atoms. The maximum Gasteiger partial charge on any atom is 0.257 e. The summed E-state index contributed by atoms with van der Waals surface area (Å²) in [6.07, 6.45) is 0. The summed E-state index contributed by atoms with van der Waals surface area (Å²) in [6, 6.07) is 22.9. The molecular formula is C22H16BrN3O. The van der Waals surface area contributed by atoms with E-state index in [1.54, 1.807) is 6.07 Å². The van der Waals surface area contributed by atoms with Crippen molar-refractivity contribution in [3.05, 3.63) is 88.5 Å². The number of amides is 1. The van der Waals surface area contributed by atoms with Crippen LogP contribution in [0.15, 0.2) is 77.3 Å². The van der Waals surface area contributed by atoms with Gasteiger partial charge < -0.3 is 5.32 Å². The number of aromatic nitrogens is 2. The fourth-order valence-corrected chi connectivity index (χ4v) is 3.35. The topological polar surface area (TPSA) is 54.9 Å². The van der Waals surface area contributed by atoms with Crippen LogP contribution in [0.1, 0.15) is 16.1 Å². The van der Waals surface area contributed by atoms with Gasteiger partial charge in [0.2, 0.25) is 0 Å². The highest BCUT2D eigenvalue weighted by atomic mass is 79.9. The van der Waals surface area contributed by atoms with Crippen LogP contribution in [0, 0.1) is 6.92 Å². The molecule has 4 aromatic rings. The Bertz CT molecular complexity index is 1160. The van der Waals surface area contributed by atoms with Crippen LogP contribution in [0.2, 0.25) is 0 Å². The van der Waals surface area contributed by atoms with Crippen LogP contribution in [-0.2, 0) is 0 Å². The van der Waals surface area contributed by atoms with E-state index in [9.17, 15) is 4.79 Å². The number of carbonyl (C=O) groups excluding carboxylic acids is 1. The molecule has 1 N–H and O–H groups in total. The average Bonchev–Trinajstić information content (AvgIpc) is 2.67. The van der Waals surface area contributed by atoms with E-state index in [1.165, 1.54) is 0 Å². The minimum Gasteiger partial charge on any atom is -0.307 e. The molecule has 1 amide bonds. The fraction of sp³-hybridized carbons (Fsp3) is 0.0455. The van der Waals surface area contributed by atoms with Crippen molar-refractivity contribution in [2.45, 2.75) is 6.92 Å². The lowest BCUT2D eigenvalue weighted by Crippen LogP contribution is -2.14. The van der Waals surface area contributed by atoms with Crippen LogP contribution in [0.25, 0.3) is 22.2 Å². The number of anilines is 1. The molecule has 4 nitrogen and oxygen atoms in total. The zero-order chi connectivity index (χ0) is 18.8. The van der Waals surface area contributed by atoms with Crippen LogP contribution < -0.4 is 5.32 Å². The predicted molar refractivity (Wildman–Crippen MR) is 112 cm³/mol. The molecule has 2 aromatic heterocycles. The third-order valence-electron chi connectivity index (χ3n) is 4.21. The number of aryl methyl sites for hydroxylation is 1. The average molecular weight is 418 g/mol. The zero-order valence-corrected chi connectivity index (χ0v) is 16.2. The van der Waals surface area contributed by atoms with Crippen molar-refractivity contribution in [3.63, 3.8) is 0 Å². The first kappa shape index (κ1) is 17.4. The molecule has 0 fully saturated rings. The van der Waals surface area contributed by atoms with Gasteiger partial charge in [-0.05, 0) is 43.3 Å². The van der Waals surface area contributed by atoms with Gasteiger partial charge in [0.05, 0.1) is 16.8 Å². The summed E-state index contributed by atoms with van der Waals surface area (Å²) in [5.41, 5.74) is 3.88. The van der Waals surface area contributed by atoms with E-state index < -0.39 is 0 Å². The van der Waals surface area contributed by atoms with Gasteiger partial charge in [0.15, 0.2) is 0 Å². The molecule has 4 rings (SSSR count). The van der Waals surface area contributed by atoms with Crippen LogP contribution in [0.3, 0.4) is 0 Å². The second kappa shape index (κ2) is 7.29. The quantitative estimate of drug-likeness (QED) is 0.470. The summed E-state index contributed by atoms with van der Waals surface area (Å²) in [5, 5.41) is 3.70. The van der Waals surface area contributed by atoms with Crippen molar-refractivity contribution < 1.29 is 4.79 Å². The van der Waals surface area contributed by atoms with Gasteiger partial charge in [0.25, 0.3) is 5.91 Å². The number of halogens is 1. The van der Waals surface area contributed by atoms with Gasteiger partial charge in [-0.25, -0.2) is 9.97 Å². The minimum absolute atomic E-state index is 0.206. The first-order valence-corrected chi connectivity index (χ1v) is 9.30. The third-order valence-corrected chi connectivity index (χ3v) is 4.70. The van der Waals surface area contributed by atoms with Crippen molar-refractivity contribution in [2.75, 3.05) is 5.32 Å². The second-order valence-corrected chi connectivity index (χ2v) is 7.12. The lowest BCUT2D eigenvalue weighted by Gasteiger charge is -2.11. The van der Waals surface area contributed by atoms with Crippen LogP contribution in [-0.4, -0.2) is 15.9 Å². The van der Waals surface area contributed by atoms with Gasteiger partial charge in [-0.15, -0.1) is 0 Å². The lowest BCUT2D eigenvalue weighted by molar-refractivity contribution is 0.102. The maximum absolute atomic E-state index is 13.0. The first-order chi connectivity index (χ1) is 13.1. The summed E-state index contributed by atoms with van der Waals surface area (Å²) in [4.78, 5) is 22.1. The molecule has 2 aromatic carbocycles. The number of nitrogens with zero attached hydrogens (tertiary/aromatic N) is 2. The second-order valence-electron chi connectivity index (χ2n) is 6.20. The number of fused-ring (bicyclic) bond motifs is 1. The number of para-hydroxylation sites is 1. The molecule has 2 heterocycles. The predicted octanol–water partition coefficient (Wildman–Crippen LogP) is 5.62. The maximum atomic E-state index is 13.0. The number of hydrogen-bond acceptors (Lipinski definition) is 3. The summed E-state index contributed by atoms with van der Waals surface area (Å²) >= 11 is 3.49. The van der Waals surface area contributed by atoms with Crippen molar-refractivity contribution in [2.24, 2.45) is 0 Å². The monoisotopic (exact) mass is 417 g/mol. The number of carbonyl (C=O) groups is 1. The van der Waals surface area contributed by atoms with Crippen molar-refractivity contribution in [3.8, 4) is 11.3 Å². The SMILES string of the molecule is Cc1cccc(NC(=O)c2cc(-c3cccc(Br)c3)nc3ccccc23)n1. The Kier molecular flexibility index (Phi) is 4.69. The number of rotatable bonds is 3. The van der Waals surface area contributed by atoms with Gasteiger partial charge in [-0.3, -0.25) is 4.79 Å². The smallest absolute Gasteiger partial charge is 0.257 e. The van der Waals surface area contributed by atoms with Crippen LogP contribution in [0.5, 0.6) is 0 Å². The van der Waals surface area contributed by atoms with Gasteiger partial charge in [-0.1, -0.05) is 52.3 Å². The van der Waals surface area contributed by atoms with Gasteiger partial charge in [0, 0.05) is 21.1 Å². The largest absolute Gasteiger partial charge is 0.307 e. The van der Waals surface area contributed by atoms with E-state index >= 15 is 0 Å². The lowest BCUT2D eigenvalue weighted by atomic mass is 10.0. The van der Waals surface area contributed by atoms with Crippen LogP contribution in [0.4, 0.5) is 5.82 Å². The Hall–Kier alpha value is -3.05. The van der Waals surface area contributed by atoms with Gasteiger partial charge >= 0.3 is 0 Å². The summed E-state index contributed by atoms with van der Waals surface area (Å²) in [7, 11) is 0. The van der Waals surface area contributed by atoms with E-state index in [0.29, 0.717) is 11.4 Å². The Morgan fingerprint density at radius 2 is 1.74 bits per heavy atom. The molecule has 0 unspecified atom stereocenters. The Labute approximate surface area is 165 Å². The number of pyridine rings is 2. The minimum atomic E-state index is -0.206. The van der Waals surface area contributed by atoms with E-state index in [1.807, 2.05) is 73.7 Å². The van der Waals surface area contributed by atoms with Crippen molar-refractivity contribution in [1.82, 2.24) is 9.97 Å². The van der Waals surface area contributed by atoms with Gasteiger partial charge in [0.1, 0.15) is 5.82 Å². The Morgan fingerprint density at radius 3 is 2.56 bits per heavy atom. The fourth-order valence-electron chi connectivity index (χ4n) is 2.96. The molecule has 0 aliphatic carbocycles. The highest BCUT2D eigenvalue weighted by molar-refractivity contribution is 9.10. The summed E-state index contributed by atoms with van der Waals surface area (Å²) in [5.74, 6) is 0.327. The zero-order valence-electron chi connectivity index (χ0n) is 14.6. The molecule has 0 saturated heterocycles. The molecule has 5 heteroatoms.